The average molecular weight is 511 g/mol. The van der Waals surface area contributed by atoms with Gasteiger partial charge in [-0.3, -0.25) is 13.9 Å². The molecule has 0 amide bonds. The molecule has 0 fully saturated rings. The van der Waals surface area contributed by atoms with Gasteiger partial charge in [0.1, 0.15) is 10.4 Å². The number of hydrogen-bond donors (Lipinski definition) is 0. The van der Waals surface area contributed by atoms with Crippen molar-refractivity contribution in [2.24, 2.45) is 0 Å². The van der Waals surface area contributed by atoms with Gasteiger partial charge in [-0.15, -0.1) is 11.3 Å². The Morgan fingerprint density at radius 3 is 2.55 bits per heavy atom. The molecule has 0 unspecified atom stereocenters. The number of aryl methyl sites for hydroxylation is 1. The number of para-hydroxylation sites is 3. The summed E-state index contributed by atoms with van der Waals surface area (Å²) in [5, 5.41) is 3.59. The molecule has 0 radical (unpaired) electrons. The lowest BCUT2D eigenvalue weighted by molar-refractivity contribution is 0.411. The molecule has 5 rings (SSSR count). The highest BCUT2D eigenvalue weighted by molar-refractivity contribution is 7.98. The van der Waals surface area contributed by atoms with Crippen molar-refractivity contribution in [2.45, 2.75) is 17.8 Å². The second-order valence-corrected chi connectivity index (χ2v) is 10.7. The molecular formula is C23H18N4O2S4. The quantitative estimate of drug-likeness (QED) is 0.158. The maximum atomic E-state index is 13.8. The molecule has 10 heteroatoms. The molecular weight excluding hydrogens is 493 g/mol. The monoisotopic (exact) mass is 510 g/mol. The van der Waals surface area contributed by atoms with E-state index < -0.39 is 0 Å². The Kier molecular flexibility index (Phi) is 6.15. The number of fused-ring (bicyclic) bond motifs is 1. The molecule has 3 aromatic heterocycles. The molecule has 6 nitrogen and oxygen atoms in total. The molecule has 2 aromatic carbocycles. The van der Waals surface area contributed by atoms with Crippen LogP contribution in [0.3, 0.4) is 0 Å². The van der Waals surface area contributed by atoms with E-state index in [1.807, 2.05) is 71.5 Å². The summed E-state index contributed by atoms with van der Waals surface area (Å²) in [6, 6.07) is 17.2. The zero-order valence-corrected chi connectivity index (χ0v) is 21.0. The fourth-order valence-corrected chi connectivity index (χ4v) is 6.39. The minimum atomic E-state index is -0.174. The molecule has 3 heterocycles. The number of nitrogens with zero attached hydrogens (tertiary/aromatic N) is 4. The summed E-state index contributed by atoms with van der Waals surface area (Å²) >= 11 is 9.99. The van der Waals surface area contributed by atoms with Crippen LogP contribution in [0.2, 0.25) is 0 Å². The van der Waals surface area contributed by atoms with Crippen molar-refractivity contribution in [2.75, 3.05) is 7.11 Å². The normalized spacial score (nSPS) is 11.2. The standard InChI is InChI=1S/C23H18N4O2S4/c1-14-24-15(12-31-14)13-32-22-25-20-19(33-23(30)26(20)16-8-4-3-5-9-16)21(28)27(22)17-10-6-7-11-18(17)29-2/h3-12H,13H2,1-2H3. The van der Waals surface area contributed by atoms with Crippen LogP contribution >= 0.6 is 46.7 Å². The first-order chi connectivity index (χ1) is 16.1. The van der Waals surface area contributed by atoms with Gasteiger partial charge in [-0.25, -0.2) is 9.97 Å². The first-order valence-electron chi connectivity index (χ1n) is 9.98. The van der Waals surface area contributed by atoms with Gasteiger partial charge < -0.3 is 4.74 Å². The number of benzene rings is 2. The molecule has 0 bridgehead atoms. The van der Waals surface area contributed by atoms with Crippen molar-refractivity contribution >= 4 is 57.0 Å². The summed E-state index contributed by atoms with van der Waals surface area (Å²) in [6.07, 6.45) is 0. The summed E-state index contributed by atoms with van der Waals surface area (Å²) in [6.45, 7) is 1.98. The van der Waals surface area contributed by atoms with E-state index in [-0.39, 0.29) is 5.56 Å². The highest BCUT2D eigenvalue weighted by Crippen LogP contribution is 2.31. The van der Waals surface area contributed by atoms with Crippen molar-refractivity contribution in [3.05, 3.63) is 85.0 Å². The van der Waals surface area contributed by atoms with Gasteiger partial charge in [-0.05, 0) is 43.4 Å². The SMILES string of the molecule is COc1ccccc1-n1c(SCc2csc(C)n2)nc2c(sc(=S)n2-c2ccccc2)c1=O. The van der Waals surface area contributed by atoms with Crippen LogP contribution in [0.15, 0.2) is 69.9 Å². The molecule has 0 saturated heterocycles. The van der Waals surface area contributed by atoms with Gasteiger partial charge in [-0.2, -0.15) is 0 Å². The van der Waals surface area contributed by atoms with Gasteiger partial charge in [0.15, 0.2) is 14.8 Å². The predicted octanol–water partition coefficient (Wildman–Crippen LogP) is 6.03. The van der Waals surface area contributed by atoms with Crippen molar-refractivity contribution in [1.29, 1.82) is 0 Å². The Morgan fingerprint density at radius 2 is 1.82 bits per heavy atom. The molecule has 0 N–H and O–H groups in total. The third-order valence-corrected chi connectivity index (χ3v) is 8.08. The van der Waals surface area contributed by atoms with Crippen LogP contribution in [0.4, 0.5) is 0 Å². The number of ether oxygens (including phenoxy) is 1. The molecule has 0 aliphatic rings. The Bertz CT molecular complexity index is 1570. The van der Waals surface area contributed by atoms with Crippen LogP contribution in [-0.4, -0.2) is 26.2 Å². The summed E-state index contributed by atoms with van der Waals surface area (Å²) in [5.74, 6) is 1.19. The van der Waals surface area contributed by atoms with Gasteiger partial charge in [0.2, 0.25) is 0 Å². The summed E-state index contributed by atoms with van der Waals surface area (Å²) in [5.41, 5.74) is 2.86. The number of hydrogen-bond acceptors (Lipinski definition) is 8. The molecule has 5 aromatic rings. The number of thiazole rings is 2. The van der Waals surface area contributed by atoms with Crippen LogP contribution < -0.4 is 10.3 Å². The second kappa shape index (κ2) is 9.22. The Balaban J connectivity index is 1.76. The van der Waals surface area contributed by atoms with Gasteiger partial charge in [0.25, 0.3) is 5.56 Å². The van der Waals surface area contributed by atoms with E-state index in [1.165, 1.54) is 23.1 Å². The lowest BCUT2D eigenvalue weighted by atomic mass is 10.3. The van der Waals surface area contributed by atoms with Gasteiger partial charge >= 0.3 is 0 Å². The minimum absolute atomic E-state index is 0.174. The predicted molar refractivity (Wildman–Crippen MR) is 138 cm³/mol. The third-order valence-electron chi connectivity index (χ3n) is 4.93. The van der Waals surface area contributed by atoms with Crippen LogP contribution in [0.25, 0.3) is 21.7 Å². The lowest BCUT2D eigenvalue weighted by Gasteiger charge is -2.15. The Labute approximate surface area is 207 Å². The van der Waals surface area contributed by atoms with Gasteiger partial charge in [-0.1, -0.05) is 53.4 Å². The summed E-state index contributed by atoms with van der Waals surface area (Å²) < 4.78 is 10.1. The van der Waals surface area contributed by atoms with Crippen molar-refractivity contribution in [3.8, 4) is 17.1 Å². The van der Waals surface area contributed by atoms with Gasteiger partial charge in [0.05, 0.1) is 23.5 Å². The van der Waals surface area contributed by atoms with E-state index in [0.717, 1.165) is 16.4 Å². The second-order valence-electron chi connectivity index (χ2n) is 7.04. The number of aromatic nitrogens is 4. The van der Waals surface area contributed by atoms with Crippen LogP contribution in [0.1, 0.15) is 10.7 Å². The number of methoxy groups -OCH3 is 1. The molecule has 0 atom stereocenters. The maximum Gasteiger partial charge on any atom is 0.278 e. The van der Waals surface area contributed by atoms with Crippen molar-refractivity contribution < 1.29 is 4.74 Å². The van der Waals surface area contributed by atoms with E-state index in [1.54, 1.807) is 23.0 Å². The highest BCUT2D eigenvalue weighted by Gasteiger charge is 2.21. The van der Waals surface area contributed by atoms with Crippen molar-refractivity contribution in [1.82, 2.24) is 19.1 Å². The number of rotatable bonds is 6. The van der Waals surface area contributed by atoms with Crippen LogP contribution in [-0.2, 0) is 5.75 Å². The molecule has 0 saturated carbocycles. The van der Waals surface area contributed by atoms with E-state index in [9.17, 15) is 4.79 Å². The zero-order chi connectivity index (χ0) is 22.9. The van der Waals surface area contributed by atoms with E-state index in [0.29, 0.717) is 36.6 Å². The van der Waals surface area contributed by atoms with Crippen molar-refractivity contribution in [3.63, 3.8) is 0 Å². The Morgan fingerprint density at radius 1 is 1.06 bits per heavy atom. The van der Waals surface area contributed by atoms with E-state index in [2.05, 4.69) is 4.98 Å². The fraction of sp³-hybridized carbons (Fsp3) is 0.130. The Hall–Kier alpha value is -2.79. The summed E-state index contributed by atoms with van der Waals surface area (Å²) in [7, 11) is 1.59. The molecule has 0 aliphatic heterocycles. The minimum Gasteiger partial charge on any atom is -0.495 e. The average Bonchev–Trinajstić information content (AvgIpc) is 3.40. The number of thioether (sulfide) groups is 1. The topological polar surface area (TPSA) is 61.9 Å². The first kappa shape index (κ1) is 22.0. The molecule has 0 aliphatic carbocycles. The molecule has 0 spiro atoms. The smallest absolute Gasteiger partial charge is 0.278 e. The fourth-order valence-electron chi connectivity index (χ4n) is 3.48. The maximum absolute atomic E-state index is 13.8. The largest absolute Gasteiger partial charge is 0.495 e. The van der Waals surface area contributed by atoms with E-state index >= 15 is 0 Å². The molecule has 33 heavy (non-hydrogen) atoms. The van der Waals surface area contributed by atoms with E-state index in [4.69, 9.17) is 21.9 Å². The third kappa shape index (κ3) is 4.15. The summed E-state index contributed by atoms with van der Waals surface area (Å²) in [4.78, 5) is 23.3. The first-order valence-corrected chi connectivity index (χ1v) is 13.1. The van der Waals surface area contributed by atoms with Gasteiger partial charge in [0, 0.05) is 16.8 Å². The lowest BCUT2D eigenvalue weighted by Crippen LogP contribution is -2.22. The molecule has 166 valence electrons. The highest BCUT2D eigenvalue weighted by atomic mass is 32.2. The van der Waals surface area contributed by atoms with Crippen LogP contribution in [0, 0.1) is 10.9 Å². The van der Waals surface area contributed by atoms with Crippen LogP contribution in [0.5, 0.6) is 5.75 Å². The zero-order valence-electron chi connectivity index (χ0n) is 17.7.